The molecule has 4 rings (SSSR count). The fourth-order valence-electron chi connectivity index (χ4n) is 4.05. The number of hydrogen-bond acceptors (Lipinski definition) is 5. The van der Waals surface area contributed by atoms with Crippen molar-refractivity contribution in [2.75, 3.05) is 13.7 Å². The third kappa shape index (κ3) is 4.98. The first-order chi connectivity index (χ1) is 16.1. The molecule has 33 heavy (non-hydrogen) atoms. The molecule has 0 saturated heterocycles. The number of methoxy groups -OCH3 is 1. The lowest BCUT2D eigenvalue weighted by Gasteiger charge is -2.14. The molecular formula is C26H27N3O4. The highest BCUT2D eigenvalue weighted by molar-refractivity contribution is 6.07. The maximum Gasteiger partial charge on any atom is 0.287 e. The minimum atomic E-state index is -0.355. The maximum atomic E-state index is 12.8. The number of rotatable bonds is 7. The number of aryl methyl sites for hydroxylation is 1. The van der Waals surface area contributed by atoms with E-state index in [9.17, 15) is 9.59 Å². The summed E-state index contributed by atoms with van der Waals surface area (Å²) >= 11 is 0. The first-order valence-electron chi connectivity index (χ1n) is 11.0. The summed E-state index contributed by atoms with van der Waals surface area (Å²) in [6, 6.07) is 17.0. The van der Waals surface area contributed by atoms with Crippen molar-refractivity contribution in [2.24, 2.45) is 5.10 Å². The second-order valence-corrected chi connectivity index (χ2v) is 7.90. The lowest BCUT2D eigenvalue weighted by molar-refractivity contribution is 0.0922. The zero-order valence-electron chi connectivity index (χ0n) is 18.8. The van der Waals surface area contributed by atoms with Gasteiger partial charge in [-0.05, 0) is 43.9 Å². The number of nitrogens with zero attached hydrogens (tertiary/aromatic N) is 1. The van der Waals surface area contributed by atoms with E-state index in [0.717, 1.165) is 41.7 Å². The van der Waals surface area contributed by atoms with Crippen LogP contribution in [0.4, 0.5) is 0 Å². The SMILES string of the molecule is COc1ccccc1C(=O)N/N=C1\CCCc2oc(C(=O)NCCc3ccccc3)c(C)c21. The molecule has 0 atom stereocenters. The Labute approximate surface area is 192 Å². The van der Waals surface area contributed by atoms with Crippen molar-refractivity contribution in [3.05, 3.63) is 88.4 Å². The fourth-order valence-corrected chi connectivity index (χ4v) is 4.05. The second kappa shape index (κ2) is 10.2. The summed E-state index contributed by atoms with van der Waals surface area (Å²) in [5.41, 5.74) is 6.46. The Balaban J connectivity index is 1.47. The van der Waals surface area contributed by atoms with Crippen LogP contribution in [0, 0.1) is 6.92 Å². The number of carbonyl (C=O) groups is 2. The predicted molar refractivity (Wildman–Crippen MR) is 126 cm³/mol. The number of ether oxygens (including phenoxy) is 1. The van der Waals surface area contributed by atoms with Crippen LogP contribution in [0.1, 0.15) is 56.2 Å². The smallest absolute Gasteiger partial charge is 0.287 e. The van der Waals surface area contributed by atoms with Gasteiger partial charge in [-0.25, -0.2) is 5.43 Å². The molecule has 1 aromatic heterocycles. The van der Waals surface area contributed by atoms with Gasteiger partial charge in [-0.1, -0.05) is 42.5 Å². The average Bonchev–Trinajstić information content (AvgIpc) is 3.20. The summed E-state index contributed by atoms with van der Waals surface area (Å²) in [6.07, 6.45) is 2.99. The van der Waals surface area contributed by atoms with E-state index in [1.807, 2.05) is 37.3 Å². The van der Waals surface area contributed by atoms with Crippen LogP contribution in [0.3, 0.4) is 0 Å². The van der Waals surface area contributed by atoms with Gasteiger partial charge in [0.1, 0.15) is 11.5 Å². The lowest BCUT2D eigenvalue weighted by atomic mass is 9.93. The topological polar surface area (TPSA) is 92.9 Å². The first kappa shape index (κ1) is 22.3. The zero-order chi connectivity index (χ0) is 23.2. The van der Waals surface area contributed by atoms with Gasteiger partial charge in [0.15, 0.2) is 5.76 Å². The van der Waals surface area contributed by atoms with E-state index in [1.165, 1.54) is 7.11 Å². The molecule has 2 N–H and O–H groups in total. The van der Waals surface area contributed by atoms with E-state index in [1.54, 1.807) is 24.3 Å². The fraction of sp³-hybridized carbons (Fsp3) is 0.269. The Hall–Kier alpha value is -3.87. The van der Waals surface area contributed by atoms with Gasteiger partial charge in [-0.2, -0.15) is 5.10 Å². The van der Waals surface area contributed by atoms with E-state index in [0.29, 0.717) is 35.8 Å². The predicted octanol–water partition coefficient (Wildman–Crippen LogP) is 4.04. The number of furan rings is 1. The molecule has 1 aliphatic rings. The largest absolute Gasteiger partial charge is 0.496 e. The highest BCUT2D eigenvalue weighted by atomic mass is 16.5. The van der Waals surface area contributed by atoms with Gasteiger partial charge in [0, 0.05) is 24.1 Å². The monoisotopic (exact) mass is 445 g/mol. The van der Waals surface area contributed by atoms with E-state index in [-0.39, 0.29) is 11.8 Å². The minimum Gasteiger partial charge on any atom is -0.496 e. The van der Waals surface area contributed by atoms with Crippen LogP contribution in [-0.4, -0.2) is 31.2 Å². The van der Waals surface area contributed by atoms with Crippen LogP contribution < -0.4 is 15.5 Å². The number of benzene rings is 2. The summed E-state index contributed by atoms with van der Waals surface area (Å²) in [4.78, 5) is 25.4. The highest BCUT2D eigenvalue weighted by Crippen LogP contribution is 2.30. The second-order valence-electron chi connectivity index (χ2n) is 7.90. The van der Waals surface area contributed by atoms with Crippen molar-refractivity contribution < 1.29 is 18.7 Å². The molecule has 2 aromatic carbocycles. The summed E-state index contributed by atoms with van der Waals surface area (Å²) in [5.74, 6) is 0.923. The van der Waals surface area contributed by atoms with Gasteiger partial charge in [-0.15, -0.1) is 0 Å². The molecule has 2 amide bonds. The van der Waals surface area contributed by atoms with Crippen molar-refractivity contribution in [3.63, 3.8) is 0 Å². The molecule has 0 radical (unpaired) electrons. The van der Waals surface area contributed by atoms with Crippen molar-refractivity contribution in [2.45, 2.75) is 32.6 Å². The van der Waals surface area contributed by atoms with Crippen LogP contribution in [0.2, 0.25) is 0 Å². The molecule has 0 aliphatic heterocycles. The molecule has 0 bridgehead atoms. The number of fused-ring (bicyclic) bond motifs is 1. The van der Waals surface area contributed by atoms with Gasteiger partial charge in [0.2, 0.25) is 0 Å². The van der Waals surface area contributed by atoms with Crippen LogP contribution in [0.5, 0.6) is 5.75 Å². The van der Waals surface area contributed by atoms with E-state index in [4.69, 9.17) is 9.15 Å². The zero-order valence-corrected chi connectivity index (χ0v) is 18.8. The van der Waals surface area contributed by atoms with E-state index >= 15 is 0 Å². The summed E-state index contributed by atoms with van der Waals surface area (Å²) in [7, 11) is 1.52. The Morgan fingerprint density at radius 1 is 1.03 bits per heavy atom. The molecule has 0 saturated carbocycles. The standard InChI is InChI=1S/C26H27N3O4/c1-17-23-20(28-29-25(30)19-11-6-7-13-21(19)32-2)12-8-14-22(23)33-24(17)26(31)27-16-15-18-9-4-3-5-10-18/h3-7,9-11,13H,8,12,14-16H2,1-2H3,(H,27,31)(H,29,30)/b28-20+. The molecule has 0 fully saturated rings. The number of para-hydroxylation sites is 1. The lowest BCUT2D eigenvalue weighted by Crippen LogP contribution is -2.26. The molecule has 0 unspecified atom stereocenters. The molecule has 7 nitrogen and oxygen atoms in total. The number of carbonyl (C=O) groups excluding carboxylic acids is 2. The number of hydrazone groups is 1. The van der Waals surface area contributed by atoms with Gasteiger partial charge >= 0.3 is 0 Å². The number of amides is 2. The maximum absolute atomic E-state index is 12.8. The summed E-state index contributed by atoms with van der Waals surface area (Å²) < 4.78 is 11.2. The van der Waals surface area contributed by atoms with E-state index in [2.05, 4.69) is 15.8 Å². The van der Waals surface area contributed by atoms with Gasteiger partial charge in [0.05, 0.1) is 18.4 Å². The normalized spacial score (nSPS) is 13.9. The Kier molecular flexibility index (Phi) is 6.88. The highest BCUT2D eigenvalue weighted by Gasteiger charge is 2.28. The third-order valence-corrected chi connectivity index (χ3v) is 5.72. The molecule has 1 aliphatic carbocycles. The van der Waals surface area contributed by atoms with Crippen LogP contribution in [0.15, 0.2) is 64.1 Å². The minimum absolute atomic E-state index is 0.241. The molecule has 3 aromatic rings. The summed E-state index contributed by atoms with van der Waals surface area (Å²) in [6.45, 7) is 2.38. The first-order valence-corrected chi connectivity index (χ1v) is 11.0. The van der Waals surface area contributed by atoms with Crippen molar-refractivity contribution >= 4 is 17.5 Å². The number of nitrogens with one attached hydrogen (secondary N) is 2. The Morgan fingerprint density at radius 3 is 2.58 bits per heavy atom. The van der Waals surface area contributed by atoms with Gasteiger partial charge in [0.25, 0.3) is 11.8 Å². The van der Waals surface area contributed by atoms with Crippen molar-refractivity contribution in [1.29, 1.82) is 0 Å². The average molecular weight is 446 g/mol. The third-order valence-electron chi connectivity index (χ3n) is 5.72. The molecule has 0 spiro atoms. The van der Waals surface area contributed by atoms with E-state index < -0.39 is 0 Å². The molecule has 1 heterocycles. The molecular weight excluding hydrogens is 418 g/mol. The van der Waals surface area contributed by atoms with Crippen LogP contribution in [0.25, 0.3) is 0 Å². The molecule has 170 valence electrons. The number of hydrogen-bond donors (Lipinski definition) is 2. The van der Waals surface area contributed by atoms with Crippen LogP contribution >= 0.6 is 0 Å². The quantitative estimate of drug-likeness (QED) is 0.537. The van der Waals surface area contributed by atoms with Crippen molar-refractivity contribution in [3.8, 4) is 5.75 Å². The summed E-state index contributed by atoms with van der Waals surface area (Å²) in [5, 5.41) is 7.32. The van der Waals surface area contributed by atoms with Crippen molar-refractivity contribution in [1.82, 2.24) is 10.7 Å². The van der Waals surface area contributed by atoms with Gasteiger partial charge in [-0.3, -0.25) is 9.59 Å². The Morgan fingerprint density at radius 2 is 1.79 bits per heavy atom. The van der Waals surface area contributed by atoms with Crippen LogP contribution in [-0.2, 0) is 12.8 Å². The van der Waals surface area contributed by atoms with Gasteiger partial charge < -0.3 is 14.5 Å². The Bertz CT molecular complexity index is 1180. The molecule has 7 heteroatoms.